The van der Waals surface area contributed by atoms with Gasteiger partial charge in [-0.25, -0.2) is 4.39 Å². The highest BCUT2D eigenvalue weighted by Crippen LogP contribution is 2.27. The van der Waals surface area contributed by atoms with Crippen molar-refractivity contribution in [1.29, 1.82) is 0 Å². The van der Waals surface area contributed by atoms with Crippen molar-refractivity contribution in [2.45, 2.75) is 18.8 Å². The molecule has 116 valence electrons. The summed E-state index contributed by atoms with van der Waals surface area (Å²) in [4.78, 5) is 17.4. The molecular weight excluding hydrogens is 287 g/mol. The smallest absolute Gasteiger partial charge is 0.231 e. The number of carbonyl (C=O) groups is 1. The van der Waals surface area contributed by atoms with Crippen molar-refractivity contribution >= 4 is 5.91 Å². The zero-order valence-corrected chi connectivity index (χ0v) is 12.0. The van der Waals surface area contributed by atoms with Gasteiger partial charge in [-0.1, -0.05) is 5.16 Å². The lowest BCUT2D eigenvalue weighted by molar-refractivity contribution is -0.119. The van der Waals surface area contributed by atoms with E-state index in [4.69, 9.17) is 10.3 Å². The van der Waals surface area contributed by atoms with Gasteiger partial charge >= 0.3 is 0 Å². The molecule has 7 heteroatoms. The van der Waals surface area contributed by atoms with Crippen LogP contribution in [0.4, 0.5) is 4.39 Å². The van der Waals surface area contributed by atoms with Crippen LogP contribution in [0.25, 0.3) is 11.4 Å². The first-order valence-electron chi connectivity index (χ1n) is 7.22. The predicted molar refractivity (Wildman–Crippen MR) is 77.3 cm³/mol. The normalized spacial score (nSPS) is 19.2. The van der Waals surface area contributed by atoms with Crippen LogP contribution in [0.3, 0.4) is 0 Å². The van der Waals surface area contributed by atoms with Gasteiger partial charge in [0, 0.05) is 12.1 Å². The maximum Gasteiger partial charge on any atom is 0.231 e. The van der Waals surface area contributed by atoms with E-state index in [1.54, 1.807) is 12.1 Å². The molecule has 1 atom stereocenters. The van der Waals surface area contributed by atoms with Gasteiger partial charge in [0.2, 0.25) is 17.6 Å². The van der Waals surface area contributed by atoms with E-state index in [2.05, 4.69) is 10.1 Å². The Bertz CT molecular complexity index is 656. The van der Waals surface area contributed by atoms with Crippen LogP contribution in [-0.2, 0) is 4.79 Å². The Kier molecular flexibility index (Phi) is 4.15. The summed E-state index contributed by atoms with van der Waals surface area (Å²) < 4.78 is 18.3. The van der Waals surface area contributed by atoms with Crippen molar-refractivity contribution in [2.75, 3.05) is 19.6 Å². The number of halogens is 1. The summed E-state index contributed by atoms with van der Waals surface area (Å²) in [5.41, 5.74) is 5.95. The molecule has 1 unspecified atom stereocenters. The Hall–Kier alpha value is -2.28. The first-order valence-corrected chi connectivity index (χ1v) is 7.22. The number of hydrogen-bond acceptors (Lipinski definition) is 5. The molecule has 0 aliphatic carbocycles. The second-order valence-electron chi connectivity index (χ2n) is 5.50. The van der Waals surface area contributed by atoms with E-state index >= 15 is 0 Å². The third-order valence-corrected chi connectivity index (χ3v) is 3.78. The fourth-order valence-corrected chi connectivity index (χ4v) is 2.74. The minimum atomic E-state index is -0.335. The predicted octanol–water partition coefficient (Wildman–Crippen LogP) is 1.54. The molecule has 22 heavy (non-hydrogen) atoms. The molecule has 1 fully saturated rings. The first-order chi connectivity index (χ1) is 10.6. The lowest BCUT2D eigenvalue weighted by Crippen LogP contribution is -2.40. The molecule has 1 aromatic carbocycles. The highest BCUT2D eigenvalue weighted by Gasteiger charge is 2.26. The van der Waals surface area contributed by atoms with Gasteiger partial charge in [-0.05, 0) is 43.7 Å². The molecular formula is C15H17FN4O2. The van der Waals surface area contributed by atoms with E-state index in [0.29, 0.717) is 23.8 Å². The summed E-state index contributed by atoms with van der Waals surface area (Å²) in [5, 5.41) is 3.96. The maximum absolute atomic E-state index is 12.9. The number of benzene rings is 1. The number of nitrogens with zero attached hydrogens (tertiary/aromatic N) is 3. The van der Waals surface area contributed by atoms with Crippen LogP contribution >= 0.6 is 0 Å². The quantitative estimate of drug-likeness (QED) is 0.926. The van der Waals surface area contributed by atoms with Gasteiger partial charge in [-0.15, -0.1) is 0 Å². The van der Waals surface area contributed by atoms with E-state index in [1.807, 2.05) is 4.90 Å². The van der Waals surface area contributed by atoms with Gasteiger partial charge < -0.3 is 10.3 Å². The molecule has 6 nitrogen and oxygen atoms in total. The Morgan fingerprint density at radius 2 is 2.18 bits per heavy atom. The molecule has 1 saturated heterocycles. The standard InChI is InChI=1S/C15H17FN4O2/c16-12-5-3-10(4-6-12)14-18-15(22-19-14)11-2-1-7-20(8-11)9-13(17)21/h3-6,11H,1-2,7-9H2,(H2,17,21). The molecule has 1 amide bonds. The molecule has 0 radical (unpaired) electrons. The van der Waals surface area contributed by atoms with Crippen LogP contribution in [0.5, 0.6) is 0 Å². The second-order valence-corrected chi connectivity index (χ2v) is 5.50. The van der Waals surface area contributed by atoms with Crippen molar-refractivity contribution in [3.63, 3.8) is 0 Å². The summed E-state index contributed by atoms with van der Waals surface area (Å²) in [7, 11) is 0. The minimum absolute atomic E-state index is 0.0924. The molecule has 2 aromatic rings. The number of rotatable bonds is 4. The molecule has 1 aliphatic rings. The summed E-state index contributed by atoms with van der Waals surface area (Å²) in [6, 6.07) is 5.95. The number of nitrogens with two attached hydrogens (primary N) is 1. The van der Waals surface area contributed by atoms with Crippen LogP contribution in [-0.4, -0.2) is 40.6 Å². The SMILES string of the molecule is NC(=O)CN1CCCC(c2nc(-c3ccc(F)cc3)no2)C1. The van der Waals surface area contributed by atoms with Crippen LogP contribution in [0.1, 0.15) is 24.7 Å². The van der Waals surface area contributed by atoms with Gasteiger partial charge in [0.1, 0.15) is 5.82 Å². The lowest BCUT2D eigenvalue weighted by Gasteiger charge is -2.29. The van der Waals surface area contributed by atoms with Crippen molar-refractivity contribution in [3.8, 4) is 11.4 Å². The van der Waals surface area contributed by atoms with Gasteiger partial charge in [0.25, 0.3) is 0 Å². The number of amides is 1. The van der Waals surface area contributed by atoms with E-state index < -0.39 is 0 Å². The molecule has 2 N–H and O–H groups in total. The first kappa shape index (κ1) is 14.6. The van der Waals surface area contributed by atoms with Crippen molar-refractivity contribution in [3.05, 3.63) is 36.0 Å². The van der Waals surface area contributed by atoms with Gasteiger partial charge in [-0.3, -0.25) is 9.69 Å². The molecule has 0 saturated carbocycles. The highest BCUT2D eigenvalue weighted by molar-refractivity contribution is 5.75. The van der Waals surface area contributed by atoms with Gasteiger partial charge in [-0.2, -0.15) is 4.98 Å². The fourth-order valence-electron chi connectivity index (χ4n) is 2.74. The topological polar surface area (TPSA) is 85.3 Å². The van der Waals surface area contributed by atoms with Crippen LogP contribution in [0.2, 0.25) is 0 Å². The van der Waals surface area contributed by atoms with Crippen LogP contribution < -0.4 is 5.73 Å². The largest absolute Gasteiger partial charge is 0.369 e. The molecule has 1 aliphatic heterocycles. The third kappa shape index (κ3) is 3.30. The molecule has 0 spiro atoms. The van der Waals surface area contributed by atoms with E-state index in [-0.39, 0.29) is 24.2 Å². The number of piperidine rings is 1. The minimum Gasteiger partial charge on any atom is -0.369 e. The summed E-state index contributed by atoms with van der Waals surface area (Å²) >= 11 is 0. The fraction of sp³-hybridized carbons (Fsp3) is 0.400. The third-order valence-electron chi connectivity index (χ3n) is 3.78. The average Bonchev–Trinajstić information content (AvgIpc) is 2.97. The Labute approximate surface area is 127 Å². The molecule has 1 aromatic heterocycles. The zero-order valence-electron chi connectivity index (χ0n) is 12.0. The molecule has 2 heterocycles. The Morgan fingerprint density at radius 1 is 1.41 bits per heavy atom. The van der Waals surface area contributed by atoms with Crippen molar-refractivity contribution in [2.24, 2.45) is 5.73 Å². The van der Waals surface area contributed by atoms with E-state index in [1.165, 1.54) is 12.1 Å². The molecule has 0 bridgehead atoms. The number of hydrogen-bond donors (Lipinski definition) is 1. The van der Waals surface area contributed by atoms with Crippen LogP contribution in [0, 0.1) is 5.82 Å². The highest BCUT2D eigenvalue weighted by atomic mass is 19.1. The molecule has 3 rings (SSSR count). The lowest BCUT2D eigenvalue weighted by atomic mass is 9.98. The van der Waals surface area contributed by atoms with Gasteiger partial charge in [0.05, 0.1) is 12.5 Å². The summed E-state index contributed by atoms with van der Waals surface area (Å²) in [5.74, 6) is 0.449. The Morgan fingerprint density at radius 3 is 2.91 bits per heavy atom. The number of likely N-dealkylation sites (tertiary alicyclic amines) is 1. The zero-order chi connectivity index (χ0) is 15.5. The number of primary amides is 1. The van der Waals surface area contributed by atoms with Crippen molar-refractivity contribution < 1.29 is 13.7 Å². The van der Waals surface area contributed by atoms with Crippen molar-refractivity contribution in [1.82, 2.24) is 15.0 Å². The Balaban J connectivity index is 1.73. The summed E-state index contributed by atoms with van der Waals surface area (Å²) in [6.07, 6.45) is 1.88. The van der Waals surface area contributed by atoms with E-state index in [0.717, 1.165) is 19.4 Å². The maximum atomic E-state index is 12.9. The second kappa shape index (κ2) is 6.23. The number of carbonyl (C=O) groups excluding carboxylic acids is 1. The monoisotopic (exact) mass is 304 g/mol. The van der Waals surface area contributed by atoms with Gasteiger partial charge in [0.15, 0.2) is 0 Å². The average molecular weight is 304 g/mol. The number of aromatic nitrogens is 2. The van der Waals surface area contributed by atoms with E-state index in [9.17, 15) is 9.18 Å². The van der Waals surface area contributed by atoms with Crippen LogP contribution in [0.15, 0.2) is 28.8 Å². The summed E-state index contributed by atoms with van der Waals surface area (Å²) in [6.45, 7) is 1.77.